The van der Waals surface area contributed by atoms with Crippen molar-refractivity contribution in [2.45, 2.75) is 62.4 Å². The molecule has 1 N–H and O–H groups in total. The number of hydrogen-bond donors (Lipinski definition) is 1. The van der Waals surface area contributed by atoms with Crippen LogP contribution in [-0.4, -0.2) is 59.9 Å². The van der Waals surface area contributed by atoms with E-state index in [4.69, 9.17) is 0 Å². The molecular weight excluding hydrogens is 665 g/mol. The molecule has 5 rings (SSSR count). The van der Waals surface area contributed by atoms with E-state index in [-0.39, 0.29) is 45.7 Å². The molecule has 3 heterocycles. The van der Waals surface area contributed by atoms with Crippen molar-refractivity contribution in [3.05, 3.63) is 113 Å². The molecule has 1 aliphatic rings. The van der Waals surface area contributed by atoms with Crippen molar-refractivity contribution in [1.29, 1.82) is 5.26 Å². The highest BCUT2D eigenvalue weighted by atomic mass is 32.2. The van der Waals surface area contributed by atoms with E-state index >= 15 is 0 Å². The van der Waals surface area contributed by atoms with E-state index in [2.05, 4.69) is 38.1 Å². The van der Waals surface area contributed by atoms with E-state index < -0.39 is 9.84 Å². The number of carbonyl (C=O) groups is 1. The molecule has 3 aromatic heterocycles. The van der Waals surface area contributed by atoms with E-state index in [9.17, 15) is 23.3 Å². The fraction of sp³-hybridized carbons (Fsp3) is 0.289. The number of nitrogens with zero attached hydrogens (tertiary/aromatic N) is 7. The van der Waals surface area contributed by atoms with Crippen molar-refractivity contribution >= 4 is 39.8 Å². The number of aromatic nitrogens is 3. The summed E-state index contributed by atoms with van der Waals surface area (Å²) in [6, 6.07) is 20.4. The summed E-state index contributed by atoms with van der Waals surface area (Å²) in [4.78, 5) is 45.3. The highest BCUT2D eigenvalue weighted by Crippen LogP contribution is 2.30. The van der Waals surface area contributed by atoms with Gasteiger partial charge in [0.05, 0.1) is 39.8 Å². The Kier molecular flexibility index (Phi) is 11.7. The molecule has 1 saturated carbocycles. The fourth-order valence-electron chi connectivity index (χ4n) is 6.03. The van der Waals surface area contributed by atoms with Gasteiger partial charge in [0.2, 0.25) is 11.9 Å². The molecule has 12 nitrogen and oxygen atoms in total. The molecule has 0 spiro atoms. The average molecular weight is 705 g/mol. The molecule has 51 heavy (non-hydrogen) atoms. The number of nitriles is 1. The molecule has 0 bridgehead atoms. The van der Waals surface area contributed by atoms with Crippen LogP contribution in [0, 0.1) is 11.3 Å². The lowest BCUT2D eigenvalue weighted by molar-refractivity contribution is -0.119. The highest BCUT2D eigenvalue weighted by molar-refractivity contribution is 7.90. The fourth-order valence-corrected chi connectivity index (χ4v) is 6.62. The third kappa shape index (κ3) is 9.29. The van der Waals surface area contributed by atoms with E-state index in [0.717, 1.165) is 11.8 Å². The lowest BCUT2D eigenvalue weighted by atomic mass is 9.89. The molecule has 1 amide bonds. The lowest BCUT2D eigenvalue weighted by Gasteiger charge is -2.37. The number of aryl methyl sites for hydroxylation is 2. The molecule has 1 fully saturated rings. The molecule has 262 valence electrons. The maximum atomic E-state index is 13.9. The Morgan fingerprint density at radius 3 is 2.45 bits per heavy atom. The van der Waals surface area contributed by atoms with Crippen LogP contribution in [0.4, 0.5) is 5.69 Å². The zero-order valence-corrected chi connectivity index (χ0v) is 29.7. The maximum Gasteiger partial charge on any atom is 0.250 e. The molecule has 1 aromatic carbocycles. The number of amides is 1. The number of nitrogens with one attached hydrogen (secondary N) is 1. The van der Waals surface area contributed by atoms with Gasteiger partial charge >= 0.3 is 0 Å². The second-order valence-electron chi connectivity index (χ2n) is 12.5. The lowest BCUT2D eigenvalue weighted by Crippen LogP contribution is -2.46. The SMILES string of the molecule is C=N/C(=N\C(=C(/C)C#N)c1cncc(S(C)(=O)=O)c1)N[C@H]1CC[C@H](N(C(=O)CCc2ccccc2)c2ccc(-c3ccn(C)c(=O)c3)nc2)CC1. The van der Waals surface area contributed by atoms with Gasteiger partial charge < -0.3 is 14.8 Å². The van der Waals surface area contributed by atoms with Crippen molar-refractivity contribution in [2.75, 3.05) is 11.2 Å². The first-order valence-electron chi connectivity index (χ1n) is 16.5. The summed E-state index contributed by atoms with van der Waals surface area (Å²) in [5.41, 5.74) is 3.85. The van der Waals surface area contributed by atoms with Crippen molar-refractivity contribution in [3.63, 3.8) is 0 Å². The smallest absolute Gasteiger partial charge is 0.250 e. The molecule has 0 atom stereocenters. The summed E-state index contributed by atoms with van der Waals surface area (Å²) in [6.45, 7) is 5.25. The number of hydrogen-bond acceptors (Lipinski definition) is 8. The molecule has 0 aliphatic heterocycles. The summed E-state index contributed by atoms with van der Waals surface area (Å²) in [6.07, 6.45) is 10.9. The van der Waals surface area contributed by atoms with Gasteiger partial charge in [-0.3, -0.25) is 19.6 Å². The zero-order valence-electron chi connectivity index (χ0n) is 28.9. The number of rotatable bonds is 10. The van der Waals surface area contributed by atoms with Crippen molar-refractivity contribution in [1.82, 2.24) is 19.9 Å². The number of pyridine rings is 3. The maximum absolute atomic E-state index is 13.9. The second kappa shape index (κ2) is 16.3. The van der Waals surface area contributed by atoms with Crippen molar-refractivity contribution in [3.8, 4) is 17.3 Å². The normalized spacial score (nSPS) is 16.8. The number of allylic oxidation sites excluding steroid dienone is 1. The molecule has 13 heteroatoms. The number of guanidine groups is 1. The van der Waals surface area contributed by atoms with Crippen LogP contribution in [0.5, 0.6) is 0 Å². The quantitative estimate of drug-likeness (QED) is 0.135. The van der Waals surface area contributed by atoms with Gasteiger partial charge in [0.25, 0.3) is 5.56 Å². The van der Waals surface area contributed by atoms with Crippen LogP contribution in [0.2, 0.25) is 0 Å². The first kappa shape index (κ1) is 36.5. The standard InChI is InChI=1S/C38H40N8O4S/c1-26(22-39)37(29-20-33(25-41-23-29)51(4,49)50)44-38(40-2)43-30-11-13-31(14-12-30)46(35(47)17-10-27-8-6-5-7-9-27)32-15-16-34(42-24-32)28-18-19-45(3)36(48)21-28/h5-9,15-16,18-21,23-25,30-31H,2,10-14,17H2,1,3-4H3,(H,43,44)/b37-26+/t30-,31-. The zero-order chi connectivity index (χ0) is 36.5. The molecule has 0 radical (unpaired) electrons. The van der Waals surface area contributed by atoms with Crippen molar-refractivity contribution in [2.24, 2.45) is 17.0 Å². The van der Waals surface area contributed by atoms with E-state index in [1.54, 1.807) is 32.4 Å². The summed E-state index contributed by atoms with van der Waals surface area (Å²) in [7, 11) is -1.84. The Bertz CT molecular complexity index is 2160. The van der Waals surface area contributed by atoms with E-state index in [1.165, 1.54) is 23.0 Å². The number of carbonyl (C=O) groups excluding carboxylic acids is 1. The monoisotopic (exact) mass is 704 g/mol. The first-order chi connectivity index (χ1) is 24.5. The van der Waals surface area contributed by atoms with Crippen LogP contribution in [0.15, 0.2) is 111 Å². The summed E-state index contributed by atoms with van der Waals surface area (Å²) in [5.74, 6) is 0.194. The predicted octanol–water partition coefficient (Wildman–Crippen LogP) is 5.12. The van der Waals surface area contributed by atoms with Crippen LogP contribution in [0.25, 0.3) is 17.0 Å². The largest absolute Gasteiger partial charge is 0.351 e. The summed E-state index contributed by atoms with van der Waals surface area (Å²) >= 11 is 0. The third-order valence-electron chi connectivity index (χ3n) is 8.87. The minimum atomic E-state index is -3.53. The van der Waals surface area contributed by atoms with Crippen LogP contribution < -0.4 is 15.8 Å². The van der Waals surface area contributed by atoms with Gasteiger partial charge in [0, 0.05) is 67.6 Å². The number of sulfone groups is 1. The number of aliphatic imine (C=N–C) groups is 2. The van der Waals surface area contributed by atoms with Crippen LogP contribution in [0.1, 0.15) is 50.2 Å². The van der Waals surface area contributed by atoms with Crippen molar-refractivity contribution < 1.29 is 13.2 Å². The van der Waals surface area contributed by atoms with Gasteiger partial charge in [-0.25, -0.2) is 18.4 Å². The minimum Gasteiger partial charge on any atom is -0.351 e. The number of benzene rings is 1. The molecule has 4 aromatic rings. The van der Waals surface area contributed by atoms with Gasteiger partial charge in [0.15, 0.2) is 9.84 Å². The average Bonchev–Trinajstić information content (AvgIpc) is 3.14. The van der Waals surface area contributed by atoms with Gasteiger partial charge in [0.1, 0.15) is 0 Å². The van der Waals surface area contributed by atoms with E-state index in [1.807, 2.05) is 53.4 Å². The van der Waals surface area contributed by atoms with Gasteiger partial charge in [-0.05, 0) is 75.6 Å². The van der Waals surface area contributed by atoms with E-state index in [0.29, 0.717) is 61.0 Å². The molecule has 0 unspecified atom stereocenters. The Morgan fingerprint density at radius 1 is 1.08 bits per heavy atom. The Labute approximate surface area is 297 Å². The second-order valence-corrected chi connectivity index (χ2v) is 14.5. The van der Waals surface area contributed by atoms with Crippen LogP contribution in [-0.2, 0) is 28.1 Å². The van der Waals surface area contributed by atoms with Crippen LogP contribution in [0.3, 0.4) is 0 Å². The Hall–Kier alpha value is -5.74. The van der Waals surface area contributed by atoms with Gasteiger partial charge in [-0.15, -0.1) is 0 Å². The minimum absolute atomic E-state index is 0.0000865. The van der Waals surface area contributed by atoms with Gasteiger partial charge in [-0.2, -0.15) is 5.26 Å². The summed E-state index contributed by atoms with van der Waals surface area (Å²) < 4.78 is 25.8. The topological polar surface area (TPSA) is 163 Å². The number of anilines is 1. The molecular formula is C38H40N8O4S. The molecule has 1 aliphatic carbocycles. The first-order valence-corrected chi connectivity index (χ1v) is 18.4. The summed E-state index contributed by atoms with van der Waals surface area (Å²) in [5, 5.41) is 13.0. The Morgan fingerprint density at radius 2 is 1.82 bits per heavy atom. The highest BCUT2D eigenvalue weighted by Gasteiger charge is 2.30. The molecule has 0 saturated heterocycles. The van der Waals surface area contributed by atoms with Gasteiger partial charge in [-0.1, -0.05) is 30.3 Å². The Balaban J connectivity index is 1.34. The predicted molar refractivity (Wildman–Crippen MR) is 199 cm³/mol. The van der Waals surface area contributed by atoms with Crippen LogP contribution >= 0.6 is 0 Å². The third-order valence-corrected chi connectivity index (χ3v) is 9.94.